The highest BCUT2D eigenvalue weighted by molar-refractivity contribution is 9.10. The van der Waals surface area contributed by atoms with E-state index >= 15 is 0 Å². The molecule has 2 amide bonds. The summed E-state index contributed by atoms with van der Waals surface area (Å²) in [4.78, 5) is 34.3. The molecular formula is C25H20BrClN2O5. The quantitative estimate of drug-likeness (QED) is 0.443. The monoisotopic (exact) mass is 542 g/mol. The zero-order chi connectivity index (χ0) is 24.0. The fourth-order valence-electron chi connectivity index (χ4n) is 4.43. The summed E-state index contributed by atoms with van der Waals surface area (Å²) in [7, 11) is 0. The fourth-order valence-corrected chi connectivity index (χ4v) is 5.01. The molecule has 2 aliphatic heterocycles. The van der Waals surface area contributed by atoms with E-state index < -0.39 is 24.0 Å². The van der Waals surface area contributed by atoms with E-state index in [2.05, 4.69) is 15.9 Å². The zero-order valence-electron chi connectivity index (χ0n) is 18.0. The minimum atomic E-state index is -1.00. The lowest BCUT2D eigenvalue weighted by molar-refractivity contribution is -0.126. The number of para-hydroxylation sites is 1. The van der Waals surface area contributed by atoms with Crippen LogP contribution in [0.3, 0.4) is 0 Å². The highest BCUT2D eigenvalue weighted by Gasteiger charge is 2.60. The van der Waals surface area contributed by atoms with Crippen molar-refractivity contribution in [3.05, 3.63) is 81.8 Å². The first-order chi connectivity index (χ1) is 16.4. The minimum absolute atomic E-state index is 0.0380. The van der Waals surface area contributed by atoms with Gasteiger partial charge in [0.25, 0.3) is 5.91 Å². The number of amides is 2. The van der Waals surface area contributed by atoms with Crippen molar-refractivity contribution in [2.45, 2.75) is 19.1 Å². The number of hydroxylamine groups is 1. The Morgan fingerprint density at radius 1 is 1.03 bits per heavy atom. The van der Waals surface area contributed by atoms with Gasteiger partial charge in [-0.3, -0.25) is 14.4 Å². The van der Waals surface area contributed by atoms with Crippen LogP contribution >= 0.6 is 27.5 Å². The Morgan fingerprint density at radius 3 is 2.41 bits per heavy atom. The Bertz CT molecular complexity index is 1250. The van der Waals surface area contributed by atoms with Gasteiger partial charge in [-0.25, -0.2) is 9.96 Å². The summed E-state index contributed by atoms with van der Waals surface area (Å²) in [6.07, 6.45) is -1.00. The Balaban J connectivity index is 1.62. The van der Waals surface area contributed by atoms with Crippen molar-refractivity contribution < 1.29 is 24.3 Å². The van der Waals surface area contributed by atoms with Crippen LogP contribution in [0.4, 0.5) is 11.4 Å². The van der Waals surface area contributed by atoms with Gasteiger partial charge < -0.3 is 9.84 Å². The van der Waals surface area contributed by atoms with Crippen molar-refractivity contribution >= 4 is 50.7 Å². The molecule has 0 aliphatic carbocycles. The van der Waals surface area contributed by atoms with Gasteiger partial charge in [-0.2, -0.15) is 0 Å². The normalized spacial score (nSPS) is 21.8. The molecule has 0 radical (unpaired) electrons. The third kappa shape index (κ3) is 3.72. The first kappa shape index (κ1) is 22.7. The number of carbonyl (C=O) groups excluding carboxylic acids is 2. The molecule has 2 aliphatic rings. The number of phenolic OH excluding ortho intramolecular Hbond substituents is 1. The summed E-state index contributed by atoms with van der Waals surface area (Å²) >= 11 is 9.37. The standard InChI is InChI=1S/C25H20BrClN2O5/c1-2-33-19-13-14(12-18(26)22(19)30)21-20-23(34-29(21)17-6-4-3-5-7-17)25(32)28(24(20)31)16-10-8-15(27)9-11-16/h3-13,20-21,23,30H,2H2,1H3/t20-,21-,23+/m1/s1. The van der Waals surface area contributed by atoms with Crippen LogP contribution in [0.5, 0.6) is 11.5 Å². The molecule has 0 saturated carbocycles. The molecule has 2 fully saturated rings. The summed E-state index contributed by atoms with van der Waals surface area (Å²) in [6.45, 7) is 2.16. The van der Waals surface area contributed by atoms with Gasteiger partial charge in [-0.1, -0.05) is 29.8 Å². The predicted octanol–water partition coefficient (Wildman–Crippen LogP) is 5.26. The van der Waals surface area contributed by atoms with Crippen molar-refractivity contribution in [2.75, 3.05) is 16.6 Å². The Hall–Kier alpha value is -3.07. The smallest absolute Gasteiger partial charge is 0.266 e. The molecule has 3 aromatic carbocycles. The van der Waals surface area contributed by atoms with E-state index in [4.69, 9.17) is 21.2 Å². The fraction of sp³-hybridized carbons (Fsp3) is 0.200. The second-order valence-electron chi connectivity index (χ2n) is 7.93. The van der Waals surface area contributed by atoms with Crippen molar-refractivity contribution in [3.8, 4) is 11.5 Å². The molecule has 2 heterocycles. The van der Waals surface area contributed by atoms with E-state index in [1.807, 2.05) is 37.3 Å². The van der Waals surface area contributed by atoms with Crippen LogP contribution in [0.25, 0.3) is 0 Å². The maximum atomic E-state index is 13.7. The van der Waals surface area contributed by atoms with Crippen molar-refractivity contribution in [1.29, 1.82) is 0 Å². The molecule has 1 N–H and O–H groups in total. The number of phenols is 1. The molecule has 0 aromatic heterocycles. The van der Waals surface area contributed by atoms with E-state index in [9.17, 15) is 14.7 Å². The molecule has 0 unspecified atom stereocenters. The summed E-state index contributed by atoms with van der Waals surface area (Å²) in [5.41, 5.74) is 1.79. The van der Waals surface area contributed by atoms with E-state index in [0.29, 0.717) is 33.0 Å². The lowest BCUT2D eigenvalue weighted by Crippen LogP contribution is -2.37. The average Bonchev–Trinajstić information content (AvgIpc) is 3.34. The topological polar surface area (TPSA) is 79.3 Å². The molecule has 0 bridgehead atoms. The first-order valence-electron chi connectivity index (χ1n) is 10.7. The first-order valence-corrected chi connectivity index (χ1v) is 11.9. The van der Waals surface area contributed by atoms with Crippen LogP contribution in [0.2, 0.25) is 5.02 Å². The molecule has 7 nitrogen and oxygen atoms in total. The van der Waals surface area contributed by atoms with Gasteiger partial charge in [0, 0.05) is 5.02 Å². The van der Waals surface area contributed by atoms with Gasteiger partial charge in [0.15, 0.2) is 17.6 Å². The number of ether oxygens (including phenoxy) is 1. The zero-order valence-corrected chi connectivity index (χ0v) is 20.4. The number of imide groups is 1. The van der Waals surface area contributed by atoms with Gasteiger partial charge in [0.2, 0.25) is 5.91 Å². The van der Waals surface area contributed by atoms with Crippen LogP contribution in [-0.4, -0.2) is 29.6 Å². The second-order valence-corrected chi connectivity index (χ2v) is 9.22. The van der Waals surface area contributed by atoms with Gasteiger partial charge >= 0.3 is 0 Å². The van der Waals surface area contributed by atoms with Crippen LogP contribution in [0.1, 0.15) is 18.5 Å². The number of aromatic hydroxyl groups is 1. The highest BCUT2D eigenvalue weighted by atomic mass is 79.9. The number of nitrogens with zero attached hydrogens (tertiary/aromatic N) is 2. The molecule has 0 spiro atoms. The summed E-state index contributed by atoms with van der Waals surface area (Å²) in [5.74, 6) is -1.39. The second kappa shape index (κ2) is 8.94. The number of hydrogen-bond donors (Lipinski definition) is 1. The van der Waals surface area contributed by atoms with E-state index in [1.54, 1.807) is 41.5 Å². The largest absolute Gasteiger partial charge is 0.503 e. The van der Waals surface area contributed by atoms with Gasteiger partial charge in [-0.15, -0.1) is 0 Å². The molecule has 3 aromatic rings. The summed E-state index contributed by atoms with van der Waals surface area (Å²) in [5, 5.41) is 12.5. The molecule has 2 saturated heterocycles. The van der Waals surface area contributed by atoms with Crippen LogP contribution in [-0.2, 0) is 14.4 Å². The van der Waals surface area contributed by atoms with Crippen LogP contribution in [0.15, 0.2) is 71.2 Å². The number of anilines is 2. The van der Waals surface area contributed by atoms with Crippen molar-refractivity contribution in [2.24, 2.45) is 5.92 Å². The van der Waals surface area contributed by atoms with E-state index in [-0.39, 0.29) is 17.4 Å². The molecule has 174 valence electrons. The van der Waals surface area contributed by atoms with Gasteiger partial charge in [0.05, 0.1) is 28.5 Å². The van der Waals surface area contributed by atoms with E-state index in [0.717, 1.165) is 4.90 Å². The Labute approximate surface area is 209 Å². The molecule has 34 heavy (non-hydrogen) atoms. The Morgan fingerprint density at radius 2 is 1.74 bits per heavy atom. The molecular weight excluding hydrogens is 524 g/mol. The number of benzene rings is 3. The number of hydrogen-bond acceptors (Lipinski definition) is 6. The maximum absolute atomic E-state index is 13.7. The van der Waals surface area contributed by atoms with Crippen molar-refractivity contribution in [1.82, 2.24) is 0 Å². The number of rotatable bonds is 5. The third-order valence-electron chi connectivity index (χ3n) is 5.90. The van der Waals surface area contributed by atoms with Gasteiger partial charge in [-0.05, 0) is 76.9 Å². The number of fused-ring (bicyclic) bond motifs is 1. The maximum Gasteiger partial charge on any atom is 0.266 e. The lowest BCUT2D eigenvalue weighted by Gasteiger charge is -2.29. The van der Waals surface area contributed by atoms with Crippen molar-refractivity contribution in [3.63, 3.8) is 0 Å². The average molecular weight is 544 g/mol. The van der Waals surface area contributed by atoms with E-state index in [1.165, 1.54) is 0 Å². The number of halogens is 2. The predicted molar refractivity (Wildman–Crippen MR) is 131 cm³/mol. The third-order valence-corrected chi connectivity index (χ3v) is 6.76. The summed E-state index contributed by atoms with van der Waals surface area (Å²) < 4.78 is 6.02. The number of carbonyl (C=O) groups is 2. The SMILES string of the molecule is CCOc1cc([C@@H]2[C@H]3C(=O)N(c4ccc(Cl)cc4)C(=O)[C@H]3ON2c2ccccc2)cc(Br)c1O. The molecule has 9 heteroatoms. The molecule has 5 rings (SSSR count). The lowest BCUT2D eigenvalue weighted by atomic mass is 9.90. The van der Waals surface area contributed by atoms with Crippen LogP contribution in [0, 0.1) is 5.92 Å². The summed E-state index contributed by atoms with van der Waals surface area (Å²) in [6, 6.07) is 18.6. The highest BCUT2D eigenvalue weighted by Crippen LogP contribution is 2.49. The minimum Gasteiger partial charge on any atom is -0.503 e. The molecule has 3 atom stereocenters. The van der Waals surface area contributed by atoms with Gasteiger partial charge in [0.1, 0.15) is 5.92 Å². The van der Waals surface area contributed by atoms with Crippen LogP contribution < -0.4 is 14.7 Å². The Kier molecular flexibility index (Phi) is 5.97.